The van der Waals surface area contributed by atoms with Crippen molar-refractivity contribution in [1.82, 2.24) is 14.7 Å². The van der Waals surface area contributed by atoms with Gasteiger partial charge in [-0.05, 0) is 31.1 Å². The van der Waals surface area contributed by atoms with Gasteiger partial charge >= 0.3 is 0 Å². The number of carbonyl (C=O) groups is 1. The van der Waals surface area contributed by atoms with Crippen LogP contribution in [0.1, 0.15) is 19.3 Å². The van der Waals surface area contributed by atoms with E-state index >= 15 is 0 Å². The van der Waals surface area contributed by atoms with Crippen molar-refractivity contribution < 1.29 is 13.2 Å². The second kappa shape index (κ2) is 4.01. The normalized spacial score (nSPS) is 26.7. The summed E-state index contributed by atoms with van der Waals surface area (Å²) in [6.07, 6.45) is 6.94. The van der Waals surface area contributed by atoms with Gasteiger partial charge in [-0.25, -0.2) is 9.71 Å². The van der Waals surface area contributed by atoms with E-state index in [1.807, 2.05) is 0 Å². The molecular weight excluding hydrogens is 254 g/mol. The van der Waals surface area contributed by atoms with Crippen LogP contribution >= 0.6 is 0 Å². The van der Waals surface area contributed by atoms with Gasteiger partial charge in [0.1, 0.15) is 0 Å². The summed E-state index contributed by atoms with van der Waals surface area (Å²) in [5.41, 5.74) is 0. The first kappa shape index (κ1) is 11.6. The largest absolute Gasteiger partial charge is 0.283 e. The molecule has 2 atom stereocenters. The van der Waals surface area contributed by atoms with Crippen LogP contribution in [-0.4, -0.2) is 24.3 Å². The zero-order chi connectivity index (χ0) is 12.8. The molecule has 1 N–H and O–H groups in total. The van der Waals surface area contributed by atoms with Gasteiger partial charge in [0.05, 0.1) is 6.20 Å². The highest BCUT2D eigenvalue weighted by molar-refractivity contribution is 7.90. The van der Waals surface area contributed by atoms with Gasteiger partial charge in [0.2, 0.25) is 5.91 Å². The van der Waals surface area contributed by atoms with Crippen molar-refractivity contribution in [3.8, 4) is 0 Å². The van der Waals surface area contributed by atoms with Crippen LogP contribution in [0.5, 0.6) is 0 Å². The molecule has 0 bridgehead atoms. The summed E-state index contributed by atoms with van der Waals surface area (Å²) < 4.78 is 25.7. The average molecular weight is 267 g/mol. The first-order valence-corrected chi connectivity index (χ1v) is 7.39. The molecule has 1 aromatic rings. The summed E-state index contributed by atoms with van der Waals surface area (Å²) >= 11 is 0. The number of hydrogen-bond donors (Lipinski definition) is 1. The highest BCUT2D eigenvalue weighted by Gasteiger charge is 2.51. The molecule has 18 heavy (non-hydrogen) atoms. The van der Waals surface area contributed by atoms with E-state index in [2.05, 4.69) is 14.7 Å². The Labute approximate surface area is 105 Å². The molecule has 2 aliphatic rings. The second-order valence-electron chi connectivity index (χ2n) is 4.86. The molecule has 7 heteroatoms. The number of nitrogens with zero attached hydrogens (tertiary/aromatic N) is 2. The van der Waals surface area contributed by atoms with Crippen LogP contribution in [-0.2, 0) is 14.8 Å². The second-order valence-corrected chi connectivity index (χ2v) is 6.49. The van der Waals surface area contributed by atoms with Gasteiger partial charge < -0.3 is 0 Å². The summed E-state index contributed by atoms with van der Waals surface area (Å²) in [5, 5.41) is -0.220. The summed E-state index contributed by atoms with van der Waals surface area (Å²) in [6, 6.07) is 0. The van der Waals surface area contributed by atoms with Gasteiger partial charge in [0.15, 0.2) is 5.03 Å². The molecule has 2 fully saturated rings. The Morgan fingerprint density at radius 2 is 2.11 bits per heavy atom. The number of sulfonamides is 1. The molecule has 0 spiro atoms. The van der Waals surface area contributed by atoms with E-state index in [0.717, 1.165) is 12.6 Å². The van der Waals surface area contributed by atoms with E-state index in [1.54, 1.807) is 0 Å². The fourth-order valence-corrected chi connectivity index (χ4v) is 3.17. The maximum Gasteiger partial charge on any atom is 0.283 e. The molecule has 0 saturated heterocycles. The Bertz CT molecular complexity index is 568. The van der Waals surface area contributed by atoms with E-state index < -0.39 is 15.9 Å². The van der Waals surface area contributed by atoms with E-state index in [0.29, 0.717) is 11.8 Å². The predicted molar refractivity (Wildman–Crippen MR) is 61.7 cm³/mol. The van der Waals surface area contributed by atoms with Crippen LogP contribution in [0.25, 0.3) is 0 Å². The first-order chi connectivity index (χ1) is 8.58. The summed E-state index contributed by atoms with van der Waals surface area (Å²) in [6.45, 7) is 0. The molecule has 2 aliphatic carbocycles. The lowest BCUT2D eigenvalue weighted by atomic mass is 10.2. The molecule has 0 aromatic carbocycles. The smallest absolute Gasteiger partial charge is 0.274 e. The molecule has 3 rings (SSSR count). The van der Waals surface area contributed by atoms with Crippen LogP contribution in [0.15, 0.2) is 23.6 Å². The Balaban J connectivity index is 1.67. The summed E-state index contributed by atoms with van der Waals surface area (Å²) in [5.74, 6) is 0.489. The van der Waals surface area contributed by atoms with E-state index in [4.69, 9.17) is 0 Å². The average Bonchev–Trinajstić information content (AvgIpc) is 3.19. The third-order valence-electron chi connectivity index (χ3n) is 3.45. The number of hydrogen-bond acceptors (Lipinski definition) is 5. The van der Waals surface area contributed by atoms with Gasteiger partial charge in [0.25, 0.3) is 10.0 Å². The fraction of sp³-hybridized carbons (Fsp3) is 0.545. The van der Waals surface area contributed by atoms with E-state index in [9.17, 15) is 13.2 Å². The lowest BCUT2D eigenvalue weighted by molar-refractivity contribution is -0.120. The Morgan fingerprint density at radius 1 is 1.33 bits per heavy atom. The minimum Gasteiger partial charge on any atom is -0.274 e. The van der Waals surface area contributed by atoms with Crippen LogP contribution in [0.4, 0.5) is 0 Å². The summed E-state index contributed by atoms with van der Waals surface area (Å²) in [4.78, 5) is 19.2. The minimum absolute atomic E-state index is 0.135. The maximum atomic E-state index is 11.8. The number of rotatable bonds is 4. The molecule has 96 valence electrons. The molecular formula is C11H13N3O3S. The topological polar surface area (TPSA) is 89.0 Å². The third kappa shape index (κ3) is 2.22. The number of nitrogens with one attached hydrogen (secondary N) is 1. The minimum atomic E-state index is -3.87. The van der Waals surface area contributed by atoms with E-state index in [-0.39, 0.29) is 10.9 Å². The molecule has 1 aromatic heterocycles. The van der Waals surface area contributed by atoms with Crippen molar-refractivity contribution in [3.63, 3.8) is 0 Å². The molecule has 1 heterocycles. The lowest BCUT2D eigenvalue weighted by Crippen LogP contribution is -2.32. The zero-order valence-electron chi connectivity index (χ0n) is 9.61. The molecule has 6 nitrogen and oxygen atoms in total. The van der Waals surface area contributed by atoms with E-state index in [1.165, 1.54) is 25.2 Å². The monoisotopic (exact) mass is 267 g/mol. The Kier molecular flexibility index (Phi) is 2.58. The summed E-state index contributed by atoms with van der Waals surface area (Å²) in [7, 11) is -3.87. The number of carbonyl (C=O) groups excluding carboxylic acids is 1. The number of aromatic nitrogens is 2. The molecule has 0 aliphatic heterocycles. The van der Waals surface area contributed by atoms with Gasteiger partial charge in [-0.1, -0.05) is 0 Å². The van der Waals surface area contributed by atoms with Gasteiger partial charge in [0, 0.05) is 18.3 Å². The van der Waals surface area contributed by atoms with Gasteiger partial charge in [-0.3, -0.25) is 9.78 Å². The van der Waals surface area contributed by atoms with Crippen LogP contribution in [0, 0.1) is 17.8 Å². The highest BCUT2D eigenvalue weighted by Crippen LogP contribution is 2.54. The maximum absolute atomic E-state index is 11.8. The lowest BCUT2D eigenvalue weighted by Gasteiger charge is -2.05. The van der Waals surface area contributed by atoms with Gasteiger partial charge in [-0.2, -0.15) is 8.42 Å². The molecule has 0 unspecified atom stereocenters. The SMILES string of the molecule is O=C(NS(=O)(=O)c1cnccn1)[C@H]1C[C@H]1C1CC1. The first-order valence-electron chi connectivity index (χ1n) is 5.90. The van der Waals surface area contributed by atoms with Crippen molar-refractivity contribution in [2.24, 2.45) is 17.8 Å². The van der Waals surface area contributed by atoms with Crippen molar-refractivity contribution in [3.05, 3.63) is 18.6 Å². The predicted octanol–water partition coefficient (Wildman–Crippen LogP) is 0.328. The Morgan fingerprint density at radius 3 is 2.72 bits per heavy atom. The number of amides is 1. The molecule has 2 saturated carbocycles. The van der Waals surface area contributed by atoms with Crippen LogP contribution < -0.4 is 4.72 Å². The van der Waals surface area contributed by atoms with Crippen LogP contribution in [0.2, 0.25) is 0 Å². The third-order valence-corrected chi connectivity index (χ3v) is 4.69. The Hall–Kier alpha value is -1.50. The highest BCUT2D eigenvalue weighted by atomic mass is 32.2. The van der Waals surface area contributed by atoms with Gasteiger partial charge in [-0.15, -0.1) is 0 Å². The zero-order valence-corrected chi connectivity index (χ0v) is 10.4. The van der Waals surface area contributed by atoms with Crippen molar-refractivity contribution in [2.45, 2.75) is 24.3 Å². The standard InChI is InChI=1S/C11H13N3O3S/c15-11(9-5-8(9)7-1-2-7)14-18(16,17)10-6-12-3-4-13-10/h3-4,6-9H,1-2,5H2,(H,14,15)/t8-,9-/m0/s1. The van der Waals surface area contributed by atoms with Crippen molar-refractivity contribution in [2.75, 3.05) is 0 Å². The van der Waals surface area contributed by atoms with Crippen molar-refractivity contribution in [1.29, 1.82) is 0 Å². The molecule has 0 radical (unpaired) electrons. The van der Waals surface area contributed by atoms with Crippen LogP contribution in [0.3, 0.4) is 0 Å². The van der Waals surface area contributed by atoms with Crippen molar-refractivity contribution >= 4 is 15.9 Å². The molecule has 1 amide bonds. The fourth-order valence-electron chi connectivity index (χ4n) is 2.25. The quantitative estimate of drug-likeness (QED) is 0.849.